The lowest BCUT2D eigenvalue weighted by Crippen LogP contribution is -2.75. The molecule has 0 saturated heterocycles. The summed E-state index contributed by atoms with van der Waals surface area (Å²) < 4.78 is 0. The van der Waals surface area contributed by atoms with Gasteiger partial charge in [-0.1, -0.05) is 91.0 Å². The average Bonchev–Trinajstić information content (AvgIpc) is 2.59. The van der Waals surface area contributed by atoms with Gasteiger partial charge >= 0.3 is 0 Å². The van der Waals surface area contributed by atoms with Crippen molar-refractivity contribution in [3.63, 3.8) is 0 Å². The van der Waals surface area contributed by atoms with Crippen molar-refractivity contribution in [2.24, 2.45) is 0 Å². The second-order valence-electron chi connectivity index (χ2n) is 5.10. The Kier molecular flexibility index (Phi) is 4.00. The van der Waals surface area contributed by atoms with Crippen LogP contribution in [0.4, 0.5) is 0 Å². The maximum atomic E-state index is 3.70. The molecule has 0 aliphatic carbocycles. The third-order valence-corrected chi connectivity index (χ3v) is 8.34. The average molecular weight is 289 g/mol. The molecule has 0 atom stereocenters. The van der Waals surface area contributed by atoms with E-state index in [1.165, 1.54) is 15.6 Å². The quantitative estimate of drug-likeness (QED) is 0.571. The minimum Gasteiger partial charge on any atom is -0.330 e. The molecule has 0 amide bonds. The van der Waals surface area contributed by atoms with Gasteiger partial charge in [-0.15, -0.1) is 0 Å². The first-order valence-electron chi connectivity index (χ1n) is 7.23. The molecule has 0 aromatic heterocycles. The Morgan fingerprint density at radius 3 is 1.05 bits per heavy atom. The third-order valence-electron chi connectivity index (χ3n) is 4.00. The molecule has 2 heteroatoms. The summed E-state index contributed by atoms with van der Waals surface area (Å²) in [6.45, 7) is 0. The van der Waals surface area contributed by atoms with E-state index in [2.05, 4.69) is 103 Å². The van der Waals surface area contributed by atoms with Crippen LogP contribution < -0.4 is 20.5 Å². The van der Waals surface area contributed by atoms with Crippen LogP contribution in [0.5, 0.6) is 0 Å². The van der Waals surface area contributed by atoms with Crippen molar-refractivity contribution >= 4 is 23.8 Å². The van der Waals surface area contributed by atoms with Gasteiger partial charge in [0.25, 0.3) is 0 Å². The van der Waals surface area contributed by atoms with Crippen LogP contribution in [0.15, 0.2) is 91.0 Å². The summed E-state index contributed by atoms with van der Waals surface area (Å²) in [4.78, 5) is 3.70. The summed E-state index contributed by atoms with van der Waals surface area (Å²) in [5, 5.41) is 4.14. The summed E-state index contributed by atoms with van der Waals surface area (Å²) in [6.07, 6.45) is 0. The largest absolute Gasteiger partial charge is 0.330 e. The van der Waals surface area contributed by atoms with Crippen LogP contribution in [0, 0.1) is 0 Å². The summed E-state index contributed by atoms with van der Waals surface area (Å²) in [5.41, 5.74) is 0. The molecular formula is C19H19NSi. The molecular weight excluding hydrogens is 270 g/mol. The van der Waals surface area contributed by atoms with Crippen molar-refractivity contribution in [2.45, 2.75) is 0 Å². The van der Waals surface area contributed by atoms with Crippen LogP contribution in [0.2, 0.25) is 0 Å². The van der Waals surface area contributed by atoms with Gasteiger partial charge in [-0.2, -0.15) is 0 Å². The molecule has 3 aromatic carbocycles. The maximum Gasteiger partial charge on any atom is 0.222 e. The molecule has 0 heterocycles. The first-order valence-corrected chi connectivity index (χ1v) is 9.23. The summed E-state index contributed by atoms with van der Waals surface area (Å²) in [6, 6.07) is 32.4. The van der Waals surface area contributed by atoms with Gasteiger partial charge in [0, 0.05) is 0 Å². The highest BCUT2D eigenvalue weighted by atomic mass is 28.3. The standard InChI is InChI=1S/C19H19NSi/c1-20-21(17-11-5-2-6-12-17,18-13-7-3-8-14-18)19-15-9-4-10-16-19/h2-16,20H,1H3. The van der Waals surface area contributed by atoms with Gasteiger partial charge in [0.15, 0.2) is 0 Å². The fourth-order valence-electron chi connectivity index (χ4n) is 3.00. The molecule has 1 nitrogen and oxygen atoms in total. The molecule has 0 fully saturated rings. The van der Waals surface area contributed by atoms with E-state index in [-0.39, 0.29) is 0 Å². The SMILES string of the molecule is CN[Si](c1ccccc1)(c1ccccc1)c1ccccc1. The second kappa shape index (κ2) is 6.08. The number of nitrogens with one attached hydrogen (secondary N) is 1. The van der Waals surface area contributed by atoms with E-state index in [4.69, 9.17) is 0 Å². The molecule has 0 spiro atoms. The summed E-state index contributed by atoms with van der Waals surface area (Å²) >= 11 is 0. The fraction of sp³-hybridized carbons (Fsp3) is 0.0526. The summed E-state index contributed by atoms with van der Waals surface area (Å²) in [7, 11) is -0.0652. The van der Waals surface area contributed by atoms with Gasteiger partial charge in [-0.05, 0) is 22.6 Å². The highest BCUT2D eigenvalue weighted by Crippen LogP contribution is 2.04. The zero-order valence-corrected chi connectivity index (χ0v) is 13.2. The summed E-state index contributed by atoms with van der Waals surface area (Å²) in [5.74, 6) is 0. The molecule has 0 bridgehead atoms. The van der Waals surface area contributed by atoms with E-state index < -0.39 is 8.24 Å². The van der Waals surface area contributed by atoms with E-state index in [0.29, 0.717) is 0 Å². The normalized spacial score (nSPS) is 11.3. The molecule has 3 aromatic rings. The van der Waals surface area contributed by atoms with Crippen LogP contribution in [0.25, 0.3) is 0 Å². The Balaban J connectivity index is 2.29. The van der Waals surface area contributed by atoms with E-state index in [9.17, 15) is 0 Å². The van der Waals surface area contributed by atoms with Crippen molar-refractivity contribution in [3.05, 3.63) is 91.0 Å². The predicted molar refractivity (Wildman–Crippen MR) is 93.0 cm³/mol. The van der Waals surface area contributed by atoms with Crippen LogP contribution in [0.1, 0.15) is 0 Å². The molecule has 21 heavy (non-hydrogen) atoms. The third kappa shape index (κ3) is 2.44. The predicted octanol–water partition coefficient (Wildman–Crippen LogP) is 1.87. The van der Waals surface area contributed by atoms with Gasteiger partial charge in [0.05, 0.1) is 0 Å². The van der Waals surface area contributed by atoms with Crippen molar-refractivity contribution in [2.75, 3.05) is 7.05 Å². The highest BCUT2D eigenvalue weighted by molar-refractivity contribution is 7.09. The zero-order valence-electron chi connectivity index (χ0n) is 12.2. The number of benzene rings is 3. The molecule has 0 radical (unpaired) electrons. The zero-order chi connectivity index (χ0) is 14.5. The topological polar surface area (TPSA) is 12.0 Å². The van der Waals surface area contributed by atoms with Gasteiger partial charge in [0.1, 0.15) is 0 Å². The Morgan fingerprint density at radius 1 is 0.524 bits per heavy atom. The van der Waals surface area contributed by atoms with Crippen molar-refractivity contribution in [1.82, 2.24) is 4.98 Å². The van der Waals surface area contributed by atoms with Crippen molar-refractivity contribution < 1.29 is 0 Å². The van der Waals surface area contributed by atoms with E-state index in [0.717, 1.165) is 0 Å². The molecule has 0 saturated carbocycles. The minimum absolute atomic E-state index is 1.38. The Labute approximate surface area is 127 Å². The molecule has 0 aliphatic heterocycles. The van der Waals surface area contributed by atoms with Gasteiger partial charge in [-0.3, -0.25) is 0 Å². The first kappa shape index (κ1) is 13.8. The molecule has 3 rings (SSSR count). The molecule has 0 unspecified atom stereocenters. The van der Waals surface area contributed by atoms with Gasteiger partial charge in [0.2, 0.25) is 8.24 Å². The van der Waals surface area contributed by atoms with Gasteiger partial charge in [-0.25, -0.2) is 0 Å². The Hall–Kier alpha value is -2.16. The molecule has 1 N–H and O–H groups in total. The minimum atomic E-state index is -2.15. The monoisotopic (exact) mass is 289 g/mol. The Bertz CT molecular complexity index is 584. The van der Waals surface area contributed by atoms with Crippen LogP contribution in [0.3, 0.4) is 0 Å². The van der Waals surface area contributed by atoms with E-state index in [1.807, 2.05) is 0 Å². The van der Waals surface area contributed by atoms with Crippen molar-refractivity contribution in [3.8, 4) is 0 Å². The lowest BCUT2D eigenvalue weighted by molar-refractivity contribution is 1.20. The number of hydrogen-bond acceptors (Lipinski definition) is 1. The van der Waals surface area contributed by atoms with Crippen LogP contribution in [-0.4, -0.2) is 15.3 Å². The van der Waals surface area contributed by atoms with Crippen LogP contribution in [-0.2, 0) is 0 Å². The van der Waals surface area contributed by atoms with E-state index in [1.54, 1.807) is 0 Å². The fourth-order valence-corrected chi connectivity index (χ4v) is 6.94. The highest BCUT2D eigenvalue weighted by Gasteiger charge is 2.37. The lowest BCUT2D eigenvalue weighted by atomic mass is 10.3. The first-order chi connectivity index (χ1) is 10.4. The molecule has 104 valence electrons. The second-order valence-corrected chi connectivity index (χ2v) is 8.83. The lowest BCUT2D eigenvalue weighted by Gasteiger charge is -2.32. The number of hydrogen-bond donors (Lipinski definition) is 1. The molecule has 0 aliphatic rings. The Morgan fingerprint density at radius 2 is 0.810 bits per heavy atom. The smallest absolute Gasteiger partial charge is 0.222 e. The van der Waals surface area contributed by atoms with Crippen LogP contribution >= 0.6 is 0 Å². The van der Waals surface area contributed by atoms with Gasteiger partial charge < -0.3 is 4.98 Å². The van der Waals surface area contributed by atoms with E-state index >= 15 is 0 Å². The number of rotatable bonds is 4. The van der Waals surface area contributed by atoms with Crippen molar-refractivity contribution in [1.29, 1.82) is 0 Å². The maximum absolute atomic E-state index is 3.70.